The van der Waals surface area contributed by atoms with Crippen LogP contribution in [0, 0.1) is 0 Å². The number of alkyl halides is 2. The highest BCUT2D eigenvalue weighted by atomic mass is 32.2. The van der Waals surface area contributed by atoms with Gasteiger partial charge in [-0.1, -0.05) is 12.1 Å². The summed E-state index contributed by atoms with van der Waals surface area (Å²) < 4.78 is 48.0. The third-order valence-corrected chi connectivity index (χ3v) is 5.95. The second-order valence-corrected chi connectivity index (χ2v) is 8.41. The lowest BCUT2D eigenvalue weighted by Crippen LogP contribution is -2.27. The minimum atomic E-state index is -4.69. The van der Waals surface area contributed by atoms with Gasteiger partial charge in [0.15, 0.2) is 0 Å². The molecule has 148 valence electrons. The Morgan fingerprint density at radius 1 is 1.11 bits per heavy atom. The van der Waals surface area contributed by atoms with Gasteiger partial charge < -0.3 is 10.6 Å². The van der Waals surface area contributed by atoms with E-state index in [-0.39, 0.29) is 17.5 Å². The Labute approximate surface area is 160 Å². The van der Waals surface area contributed by atoms with Crippen LogP contribution in [0.2, 0.25) is 0 Å². The molecule has 2 amide bonds. The summed E-state index contributed by atoms with van der Waals surface area (Å²) in [7, 11) is -4.69. The second kappa shape index (κ2) is 7.67. The molecule has 1 aliphatic heterocycles. The van der Waals surface area contributed by atoms with E-state index in [9.17, 15) is 26.8 Å². The van der Waals surface area contributed by atoms with E-state index in [2.05, 4.69) is 10.6 Å². The van der Waals surface area contributed by atoms with Crippen LogP contribution in [0.1, 0.15) is 40.9 Å². The summed E-state index contributed by atoms with van der Waals surface area (Å²) in [5, 5.41) is 5.57. The van der Waals surface area contributed by atoms with Crippen molar-refractivity contribution >= 4 is 27.3 Å². The lowest BCUT2D eigenvalue weighted by molar-refractivity contribution is -0.116. The first-order valence-corrected chi connectivity index (χ1v) is 10.1. The minimum Gasteiger partial charge on any atom is -0.346 e. The van der Waals surface area contributed by atoms with E-state index in [0.29, 0.717) is 12.8 Å². The zero-order valence-electron chi connectivity index (χ0n) is 14.9. The first kappa shape index (κ1) is 19.9. The number of fused-ring (bicyclic) bond motifs is 1. The SMILES string of the molecule is CC(NC(=O)c1ccc(S(=O)(=O)C(F)F)cc1)c1ccc2c(c1)CCC(=O)N2. The Morgan fingerprint density at radius 2 is 1.79 bits per heavy atom. The third-order valence-electron chi connectivity index (χ3n) is 4.55. The number of carbonyl (C=O) groups is 2. The number of benzene rings is 2. The monoisotopic (exact) mass is 408 g/mol. The van der Waals surface area contributed by atoms with Crippen molar-refractivity contribution in [2.75, 3.05) is 5.32 Å². The van der Waals surface area contributed by atoms with Crippen LogP contribution in [0.4, 0.5) is 14.5 Å². The summed E-state index contributed by atoms with van der Waals surface area (Å²) in [4.78, 5) is 23.3. The summed E-state index contributed by atoms with van der Waals surface area (Å²) in [6.45, 7) is 1.79. The van der Waals surface area contributed by atoms with Crippen molar-refractivity contribution in [1.29, 1.82) is 0 Å². The summed E-state index contributed by atoms with van der Waals surface area (Å²) in [5.41, 5.74) is 2.75. The van der Waals surface area contributed by atoms with Gasteiger partial charge in [0.25, 0.3) is 5.91 Å². The number of rotatable bonds is 5. The molecule has 0 radical (unpaired) electrons. The van der Waals surface area contributed by atoms with E-state index < -0.39 is 26.4 Å². The molecule has 0 saturated carbocycles. The summed E-state index contributed by atoms with van der Waals surface area (Å²) in [6.07, 6.45) is 1.03. The predicted molar refractivity (Wildman–Crippen MR) is 98.9 cm³/mol. The third kappa shape index (κ3) is 4.04. The fraction of sp³-hybridized carbons (Fsp3) is 0.263. The number of hydrogen-bond acceptors (Lipinski definition) is 4. The summed E-state index contributed by atoms with van der Waals surface area (Å²) in [5.74, 6) is -4.00. The highest BCUT2D eigenvalue weighted by Gasteiger charge is 2.26. The Morgan fingerprint density at radius 3 is 2.43 bits per heavy atom. The van der Waals surface area contributed by atoms with Gasteiger partial charge in [0, 0.05) is 17.7 Å². The topological polar surface area (TPSA) is 92.3 Å². The maximum absolute atomic E-state index is 12.6. The van der Waals surface area contributed by atoms with Crippen LogP contribution in [0.5, 0.6) is 0 Å². The van der Waals surface area contributed by atoms with Gasteiger partial charge in [-0.3, -0.25) is 9.59 Å². The minimum absolute atomic E-state index is 0.0288. The van der Waals surface area contributed by atoms with Gasteiger partial charge in [-0.25, -0.2) is 8.42 Å². The lowest BCUT2D eigenvalue weighted by Gasteiger charge is -2.20. The van der Waals surface area contributed by atoms with Crippen molar-refractivity contribution in [2.45, 2.75) is 36.5 Å². The van der Waals surface area contributed by atoms with Gasteiger partial charge in [-0.05, 0) is 54.8 Å². The van der Waals surface area contributed by atoms with Crippen LogP contribution < -0.4 is 10.6 Å². The van der Waals surface area contributed by atoms with Crippen molar-refractivity contribution in [1.82, 2.24) is 5.32 Å². The van der Waals surface area contributed by atoms with Gasteiger partial charge in [-0.15, -0.1) is 0 Å². The average molecular weight is 408 g/mol. The number of hydrogen-bond donors (Lipinski definition) is 2. The molecule has 0 aromatic heterocycles. The molecule has 2 aromatic carbocycles. The fourth-order valence-electron chi connectivity index (χ4n) is 2.93. The predicted octanol–water partition coefficient (Wildman–Crippen LogP) is 3.06. The van der Waals surface area contributed by atoms with Crippen LogP contribution in [0.25, 0.3) is 0 Å². The van der Waals surface area contributed by atoms with Crippen LogP contribution in [0.3, 0.4) is 0 Å². The number of aryl methyl sites for hydroxylation is 1. The molecule has 0 aliphatic carbocycles. The first-order valence-electron chi connectivity index (χ1n) is 8.54. The second-order valence-electron chi connectivity index (χ2n) is 6.49. The van der Waals surface area contributed by atoms with Crippen LogP contribution >= 0.6 is 0 Å². The molecular formula is C19H18F2N2O4S. The van der Waals surface area contributed by atoms with E-state index in [0.717, 1.165) is 28.9 Å². The highest BCUT2D eigenvalue weighted by molar-refractivity contribution is 7.91. The Kier molecular flexibility index (Phi) is 5.46. The van der Waals surface area contributed by atoms with Gasteiger partial charge in [0.2, 0.25) is 15.7 Å². The number of sulfone groups is 1. The molecule has 1 atom stereocenters. The zero-order valence-corrected chi connectivity index (χ0v) is 15.7. The Balaban J connectivity index is 1.72. The number of carbonyl (C=O) groups excluding carboxylic acids is 2. The standard InChI is InChI=1S/C19H18F2N2O4S/c1-11(13-4-8-16-14(10-13)5-9-17(24)23-16)22-18(25)12-2-6-15(7-3-12)28(26,27)19(20)21/h2-4,6-8,10-11,19H,5,9H2,1H3,(H,22,25)(H,23,24). The van der Waals surface area contributed by atoms with Crippen molar-refractivity contribution in [3.8, 4) is 0 Å². The molecule has 1 unspecified atom stereocenters. The lowest BCUT2D eigenvalue weighted by atomic mass is 9.97. The van der Waals surface area contributed by atoms with E-state index >= 15 is 0 Å². The van der Waals surface area contributed by atoms with E-state index in [1.165, 1.54) is 12.1 Å². The smallest absolute Gasteiger partial charge is 0.341 e. The molecule has 2 aromatic rings. The number of nitrogens with one attached hydrogen (secondary N) is 2. The average Bonchev–Trinajstić information content (AvgIpc) is 2.67. The molecular weight excluding hydrogens is 390 g/mol. The molecule has 1 aliphatic rings. The van der Waals surface area contributed by atoms with E-state index in [1.54, 1.807) is 19.1 Å². The molecule has 6 nitrogen and oxygen atoms in total. The van der Waals surface area contributed by atoms with Crippen LogP contribution in [0.15, 0.2) is 47.4 Å². The van der Waals surface area contributed by atoms with Crippen molar-refractivity contribution < 1.29 is 26.8 Å². The van der Waals surface area contributed by atoms with Crippen molar-refractivity contribution in [3.63, 3.8) is 0 Å². The fourth-order valence-corrected chi connectivity index (χ4v) is 3.66. The van der Waals surface area contributed by atoms with Crippen molar-refractivity contribution in [2.24, 2.45) is 0 Å². The van der Waals surface area contributed by atoms with Gasteiger partial charge in [-0.2, -0.15) is 8.78 Å². The summed E-state index contributed by atoms with van der Waals surface area (Å²) >= 11 is 0. The number of halogens is 2. The zero-order chi connectivity index (χ0) is 20.5. The van der Waals surface area contributed by atoms with E-state index in [1.807, 2.05) is 6.07 Å². The van der Waals surface area contributed by atoms with Gasteiger partial charge in [0.05, 0.1) is 10.9 Å². The molecule has 9 heteroatoms. The van der Waals surface area contributed by atoms with E-state index in [4.69, 9.17) is 0 Å². The van der Waals surface area contributed by atoms with Crippen LogP contribution in [-0.2, 0) is 21.1 Å². The van der Waals surface area contributed by atoms with Crippen molar-refractivity contribution in [3.05, 3.63) is 59.2 Å². The molecule has 0 bridgehead atoms. The molecule has 1 heterocycles. The maximum Gasteiger partial charge on any atom is 0.341 e. The molecule has 2 N–H and O–H groups in total. The molecule has 0 spiro atoms. The normalized spacial score (nSPS) is 14.9. The quantitative estimate of drug-likeness (QED) is 0.795. The largest absolute Gasteiger partial charge is 0.346 e. The number of anilines is 1. The Hall–Kier alpha value is -2.81. The number of amides is 2. The van der Waals surface area contributed by atoms with Crippen LogP contribution in [-0.4, -0.2) is 26.0 Å². The van der Waals surface area contributed by atoms with Gasteiger partial charge >= 0.3 is 5.76 Å². The molecule has 0 saturated heterocycles. The summed E-state index contributed by atoms with van der Waals surface area (Å²) in [6, 6.07) is 9.52. The van der Waals surface area contributed by atoms with Gasteiger partial charge in [0.1, 0.15) is 0 Å². The Bertz CT molecular complexity index is 1020. The molecule has 3 rings (SSSR count). The first-order chi connectivity index (χ1) is 13.2. The highest BCUT2D eigenvalue weighted by Crippen LogP contribution is 2.26. The maximum atomic E-state index is 12.6. The molecule has 0 fully saturated rings. The molecule has 28 heavy (non-hydrogen) atoms.